The number of alkyl carbamates (subject to hydrolysis) is 1. The number of aliphatic imine (C=N–C) groups is 1. The predicted molar refractivity (Wildman–Crippen MR) is 85.7 cm³/mol. The Morgan fingerprint density at radius 3 is 2.83 bits per heavy atom. The van der Waals surface area contributed by atoms with E-state index in [0.29, 0.717) is 12.0 Å². The van der Waals surface area contributed by atoms with Crippen molar-refractivity contribution >= 4 is 12.3 Å². The van der Waals surface area contributed by atoms with Crippen molar-refractivity contribution in [2.24, 2.45) is 4.99 Å². The first kappa shape index (κ1) is 17.3. The molecule has 1 unspecified atom stereocenters. The molecule has 1 aromatic carbocycles. The Morgan fingerprint density at radius 1 is 1.50 bits per heavy atom. The highest BCUT2D eigenvalue weighted by Crippen LogP contribution is 2.20. The van der Waals surface area contributed by atoms with Gasteiger partial charge in [0.25, 0.3) is 5.70 Å². The summed E-state index contributed by atoms with van der Waals surface area (Å²) in [5, 5.41) is 13.5. The van der Waals surface area contributed by atoms with Gasteiger partial charge in [-0.2, -0.15) is 0 Å². The van der Waals surface area contributed by atoms with Crippen LogP contribution in [0, 0.1) is 15.9 Å². The second kappa shape index (κ2) is 8.00. The lowest BCUT2D eigenvalue weighted by molar-refractivity contribution is -0.421. The van der Waals surface area contributed by atoms with Crippen LogP contribution in [0.4, 0.5) is 9.18 Å². The van der Waals surface area contributed by atoms with E-state index in [1.807, 2.05) is 0 Å². The molecule has 24 heavy (non-hydrogen) atoms. The van der Waals surface area contributed by atoms with Gasteiger partial charge in [-0.3, -0.25) is 20.4 Å². The maximum absolute atomic E-state index is 12.8. The van der Waals surface area contributed by atoms with Crippen molar-refractivity contribution in [3.63, 3.8) is 0 Å². The van der Waals surface area contributed by atoms with Crippen LogP contribution in [0.25, 0.3) is 0 Å². The zero-order valence-electron chi connectivity index (χ0n) is 12.9. The van der Waals surface area contributed by atoms with Gasteiger partial charge >= 0.3 is 6.09 Å². The molecule has 0 saturated carbocycles. The Morgan fingerprint density at radius 2 is 2.21 bits per heavy atom. The number of ether oxygens (including phenoxy) is 1. The van der Waals surface area contributed by atoms with Crippen molar-refractivity contribution in [1.29, 1.82) is 0 Å². The minimum absolute atomic E-state index is 0.0895. The molecule has 1 aromatic rings. The molecule has 1 atom stereocenters. The number of carbonyl (C=O) groups excluding carboxylic acids is 1. The third-order valence-corrected chi connectivity index (χ3v) is 3.18. The molecule has 0 spiro atoms. The van der Waals surface area contributed by atoms with E-state index in [2.05, 4.69) is 10.3 Å². The van der Waals surface area contributed by atoms with Gasteiger partial charge < -0.3 is 4.74 Å². The third kappa shape index (κ3) is 4.73. The van der Waals surface area contributed by atoms with Gasteiger partial charge in [0, 0.05) is 12.3 Å². The van der Waals surface area contributed by atoms with E-state index < -0.39 is 17.1 Å². The molecule has 0 radical (unpaired) electrons. The number of nitro groups is 1. The second-order valence-corrected chi connectivity index (χ2v) is 4.91. The lowest BCUT2D eigenvalue weighted by atomic mass is 10.0. The highest BCUT2D eigenvalue weighted by Gasteiger charge is 2.25. The van der Waals surface area contributed by atoms with Crippen molar-refractivity contribution in [3.05, 3.63) is 69.3 Å². The SMILES string of the molecule is CCOC(=O)NC1=CCC(N=Cc2ccc(F)cc2)C=C1[N+](=O)[O-]. The van der Waals surface area contributed by atoms with Crippen molar-refractivity contribution < 1.29 is 18.8 Å². The average Bonchev–Trinajstić information content (AvgIpc) is 2.55. The number of hydrogen-bond donors (Lipinski definition) is 1. The highest BCUT2D eigenvalue weighted by molar-refractivity contribution is 5.79. The summed E-state index contributed by atoms with van der Waals surface area (Å²) in [6, 6.07) is 5.29. The quantitative estimate of drug-likeness (QED) is 0.509. The van der Waals surface area contributed by atoms with Gasteiger partial charge in [-0.1, -0.05) is 18.2 Å². The molecule has 0 bridgehead atoms. The first-order chi connectivity index (χ1) is 11.5. The molecule has 1 aliphatic rings. The van der Waals surface area contributed by atoms with Gasteiger partial charge in [-0.05, 0) is 31.0 Å². The molecule has 1 amide bonds. The summed E-state index contributed by atoms with van der Waals surface area (Å²) in [5.41, 5.74) is 0.536. The number of carbonyl (C=O) groups is 1. The normalized spacial score (nSPS) is 17.2. The lowest BCUT2D eigenvalue weighted by Crippen LogP contribution is -2.28. The van der Waals surface area contributed by atoms with Crippen LogP contribution >= 0.6 is 0 Å². The average molecular weight is 333 g/mol. The van der Waals surface area contributed by atoms with E-state index in [9.17, 15) is 19.3 Å². The van der Waals surface area contributed by atoms with Crippen LogP contribution in [0.1, 0.15) is 18.9 Å². The van der Waals surface area contributed by atoms with E-state index in [1.165, 1.54) is 30.5 Å². The largest absolute Gasteiger partial charge is 0.450 e. The standard InChI is InChI=1S/C16H16FN3O4/c1-2-24-16(21)19-14-8-7-13(9-15(14)20(22)23)18-10-11-3-5-12(17)6-4-11/h3-6,8-10,13H,2,7H2,1H3,(H,19,21). The smallest absolute Gasteiger partial charge is 0.411 e. The number of nitrogens with one attached hydrogen (secondary N) is 1. The Hall–Kier alpha value is -3.03. The molecule has 7 nitrogen and oxygen atoms in total. The molecule has 8 heteroatoms. The fraction of sp³-hybridized carbons (Fsp3) is 0.250. The third-order valence-electron chi connectivity index (χ3n) is 3.18. The topological polar surface area (TPSA) is 93.8 Å². The molecular weight excluding hydrogens is 317 g/mol. The van der Waals surface area contributed by atoms with Crippen LogP contribution in [-0.4, -0.2) is 29.9 Å². The van der Waals surface area contributed by atoms with Crippen molar-refractivity contribution in [2.45, 2.75) is 19.4 Å². The van der Waals surface area contributed by atoms with Crippen LogP contribution in [0.2, 0.25) is 0 Å². The lowest BCUT2D eigenvalue weighted by Gasteiger charge is -2.14. The van der Waals surface area contributed by atoms with Gasteiger partial charge in [0.1, 0.15) is 11.5 Å². The van der Waals surface area contributed by atoms with Crippen LogP contribution in [0.15, 0.2) is 52.8 Å². The van der Waals surface area contributed by atoms with Gasteiger partial charge in [-0.25, -0.2) is 9.18 Å². The molecule has 0 aromatic heterocycles. The minimum Gasteiger partial charge on any atom is -0.450 e. The summed E-state index contributed by atoms with van der Waals surface area (Å²) < 4.78 is 17.6. The molecule has 0 fully saturated rings. The first-order valence-corrected chi connectivity index (χ1v) is 7.29. The Balaban J connectivity index is 2.10. The van der Waals surface area contributed by atoms with E-state index in [1.54, 1.807) is 19.1 Å². The molecule has 0 aliphatic heterocycles. The van der Waals surface area contributed by atoms with E-state index in [4.69, 9.17) is 4.74 Å². The zero-order valence-corrected chi connectivity index (χ0v) is 12.9. The molecule has 1 aliphatic carbocycles. The van der Waals surface area contributed by atoms with Crippen LogP contribution < -0.4 is 5.32 Å². The molecule has 0 saturated heterocycles. The van der Waals surface area contributed by atoms with E-state index in [0.717, 1.165) is 0 Å². The summed E-state index contributed by atoms with van der Waals surface area (Å²) in [6.45, 7) is 1.81. The number of halogens is 1. The van der Waals surface area contributed by atoms with Gasteiger partial charge in [-0.15, -0.1) is 0 Å². The molecule has 2 rings (SSSR count). The number of benzene rings is 1. The Bertz CT molecular complexity index is 711. The maximum atomic E-state index is 12.8. The predicted octanol–water partition coefficient (Wildman–Crippen LogP) is 2.81. The number of hydrogen-bond acceptors (Lipinski definition) is 5. The fourth-order valence-electron chi connectivity index (χ4n) is 2.07. The highest BCUT2D eigenvalue weighted by atomic mass is 19.1. The molecule has 126 valence electrons. The Labute approximate surface area is 137 Å². The van der Waals surface area contributed by atoms with E-state index in [-0.39, 0.29) is 23.8 Å². The second-order valence-electron chi connectivity index (χ2n) is 4.91. The summed E-state index contributed by atoms with van der Waals surface area (Å²) in [4.78, 5) is 26.3. The van der Waals surface area contributed by atoms with Crippen LogP contribution in [0.3, 0.4) is 0 Å². The number of amides is 1. The monoisotopic (exact) mass is 333 g/mol. The van der Waals surface area contributed by atoms with Gasteiger partial charge in [0.2, 0.25) is 0 Å². The zero-order chi connectivity index (χ0) is 17.5. The maximum Gasteiger partial charge on any atom is 0.411 e. The molecule has 0 heterocycles. The van der Waals surface area contributed by atoms with Gasteiger partial charge in [0.15, 0.2) is 0 Å². The van der Waals surface area contributed by atoms with Crippen LogP contribution in [-0.2, 0) is 4.74 Å². The molecular formula is C16H16FN3O4. The van der Waals surface area contributed by atoms with Crippen molar-refractivity contribution in [3.8, 4) is 0 Å². The molecule has 1 N–H and O–H groups in total. The number of nitrogens with zero attached hydrogens (tertiary/aromatic N) is 2. The fourth-order valence-corrected chi connectivity index (χ4v) is 2.07. The van der Waals surface area contributed by atoms with E-state index >= 15 is 0 Å². The van der Waals surface area contributed by atoms with Crippen molar-refractivity contribution in [2.75, 3.05) is 6.61 Å². The first-order valence-electron chi connectivity index (χ1n) is 7.29. The van der Waals surface area contributed by atoms with Crippen molar-refractivity contribution in [1.82, 2.24) is 5.32 Å². The summed E-state index contributed by atoms with van der Waals surface area (Å²) in [5.74, 6) is -0.349. The summed E-state index contributed by atoms with van der Waals surface area (Å²) in [6.07, 6.45) is 4.06. The number of rotatable bonds is 5. The summed E-state index contributed by atoms with van der Waals surface area (Å²) >= 11 is 0. The van der Waals surface area contributed by atoms with Crippen LogP contribution in [0.5, 0.6) is 0 Å². The minimum atomic E-state index is -0.746. The Kier molecular flexibility index (Phi) is 5.78. The summed E-state index contributed by atoms with van der Waals surface area (Å²) in [7, 11) is 0. The van der Waals surface area contributed by atoms with Gasteiger partial charge in [0.05, 0.1) is 17.6 Å².